The zero-order valence-electron chi connectivity index (χ0n) is 14.0. The van der Waals surface area contributed by atoms with E-state index < -0.39 is 0 Å². The van der Waals surface area contributed by atoms with E-state index in [0.29, 0.717) is 13.0 Å². The number of benzene rings is 1. The normalized spacial score (nSPS) is 12.1. The van der Waals surface area contributed by atoms with Crippen molar-refractivity contribution >= 4 is 5.91 Å². The van der Waals surface area contributed by atoms with Gasteiger partial charge in [-0.3, -0.25) is 9.48 Å². The Kier molecular flexibility index (Phi) is 4.79. The molecule has 1 aromatic carbocycles. The van der Waals surface area contributed by atoms with Crippen molar-refractivity contribution in [3.63, 3.8) is 0 Å². The molecule has 1 amide bonds. The lowest BCUT2D eigenvalue weighted by Crippen LogP contribution is -2.27. The minimum absolute atomic E-state index is 0.0296. The first-order valence-electron chi connectivity index (χ1n) is 8.13. The van der Waals surface area contributed by atoms with E-state index in [1.54, 1.807) is 10.9 Å². The van der Waals surface area contributed by atoms with Crippen LogP contribution in [0.5, 0.6) is 0 Å². The fourth-order valence-electron chi connectivity index (χ4n) is 2.66. The van der Waals surface area contributed by atoms with Gasteiger partial charge in [0.2, 0.25) is 5.91 Å². The molecule has 24 heavy (non-hydrogen) atoms. The van der Waals surface area contributed by atoms with Gasteiger partial charge in [-0.1, -0.05) is 12.1 Å². The van der Waals surface area contributed by atoms with Crippen molar-refractivity contribution in [2.24, 2.45) is 0 Å². The molecule has 0 saturated carbocycles. The number of nitrogens with zero attached hydrogens (tertiary/aromatic N) is 3. The summed E-state index contributed by atoms with van der Waals surface area (Å²) in [5.41, 5.74) is 3.28. The average molecular weight is 322 g/mol. The Morgan fingerprint density at radius 3 is 2.75 bits per heavy atom. The van der Waals surface area contributed by atoms with Crippen molar-refractivity contribution in [3.05, 3.63) is 72.3 Å². The number of carbonyl (C=O) groups is 1. The highest BCUT2D eigenvalue weighted by atomic mass is 16.1. The predicted octanol–water partition coefficient (Wildman–Crippen LogP) is 3.25. The molecule has 0 aliphatic carbocycles. The molecule has 0 bridgehead atoms. The molecule has 5 nitrogen and oxygen atoms in total. The molecule has 0 fully saturated rings. The van der Waals surface area contributed by atoms with E-state index in [1.165, 1.54) is 0 Å². The van der Waals surface area contributed by atoms with E-state index in [0.717, 1.165) is 16.8 Å². The Balaban J connectivity index is 1.59. The molecule has 1 atom stereocenters. The fourth-order valence-corrected chi connectivity index (χ4v) is 2.66. The van der Waals surface area contributed by atoms with Gasteiger partial charge in [-0.15, -0.1) is 0 Å². The van der Waals surface area contributed by atoms with E-state index in [4.69, 9.17) is 0 Å². The highest BCUT2D eigenvalue weighted by Gasteiger charge is 2.10. The van der Waals surface area contributed by atoms with Gasteiger partial charge in [-0.05, 0) is 49.2 Å². The maximum absolute atomic E-state index is 12.2. The molecule has 0 aliphatic heterocycles. The fraction of sp³-hybridized carbons (Fsp3) is 0.263. The highest BCUT2D eigenvalue weighted by Crippen LogP contribution is 2.17. The molecule has 5 heteroatoms. The van der Waals surface area contributed by atoms with Crippen LogP contribution in [0.2, 0.25) is 0 Å². The van der Waals surface area contributed by atoms with Gasteiger partial charge in [0.15, 0.2) is 0 Å². The number of hydrogen-bond donors (Lipinski definition) is 1. The minimum atomic E-state index is -0.0348. The zero-order valence-corrected chi connectivity index (χ0v) is 14.0. The van der Waals surface area contributed by atoms with Crippen LogP contribution in [0, 0.1) is 6.92 Å². The average Bonchev–Trinajstić information content (AvgIpc) is 3.24. The van der Waals surface area contributed by atoms with Crippen LogP contribution in [0.3, 0.4) is 0 Å². The SMILES string of the molecule is Cc1cnn(CCC(=O)NC(C)c2cccc(-n3cccc3)c2)c1. The van der Waals surface area contributed by atoms with E-state index >= 15 is 0 Å². The van der Waals surface area contributed by atoms with Gasteiger partial charge < -0.3 is 9.88 Å². The maximum Gasteiger partial charge on any atom is 0.222 e. The lowest BCUT2D eigenvalue weighted by Gasteiger charge is -2.16. The van der Waals surface area contributed by atoms with Gasteiger partial charge in [0.25, 0.3) is 0 Å². The van der Waals surface area contributed by atoms with Gasteiger partial charge >= 0.3 is 0 Å². The third-order valence-electron chi connectivity index (χ3n) is 3.98. The number of amides is 1. The predicted molar refractivity (Wildman–Crippen MR) is 93.9 cm³/mol. The number of nitrogens with one attached hydrogen (secondary N) is 1. The third kappa shape index (κ3) is 3.93. The summed E-state index contributed by atoms with van der Waals surface area (Å²) in [7, 11) is 0. The summed E-state index contributed by atoms with van der Waals surface area (Å²) in [6, 6.07) is 12.2. The van der Waals surface area contributed by atoms with Gasteiger partial charge in [0.05, 0.1) is 12.2 Å². The molecule has 3 rings (SSSR count). The number of hydrogen-bond acceptors (Lipinski definition) is 2. The number of carbonyl (C=O) groups excluding carboxylic acids is 1. The summed E-state index contributed by atoms with van der Waals surface area (Å²) in [4.78, 5) is 12.2. The van der Waals surface area contributed by atoms with Gasteiger partial charge in [-0.25, -0.2) is 0 Å². The van der Waals surface area contributed by atoms with Gasteiger partial charge in [-0.2, -0.15) is 5.10 Å². The number of rotatable bonds is 6. The molecule has 0 radical (unpaired) electrons. The second kappa shape index (κ2) is 7.17. The van der Waals surface area contributed by atoms with Crippen LogP contribution in [-0.4, -0.2) is 20.3 Å². The quantitative estimate of drug-likeness (QED) is 0.757. The Morgan fingerprint density at radius 2 is 2.04 bits per heavy atom. The topological polar surface area (TPSA) is 51.9 Å². The molecule has 0 saturated heterocycles. The van der Waals surface area contributed by atoms with Crippen molar-refractivity contribution < 1.29 is 4.79 Å². The molecule has 3 aromatic rings. The van der Waals surface area contributed by atoms with Crippen LogP contribution in [0.1, 0.15) is 30.5 Å². The first-order valence-corrected chi connectivity index (χ1v) is 8.13. The largest absolute Gasteiger partial charge is 0.350 e. The van der Waals surface area contributed by atoms with Crippen molar-refractivity contribution in [2.45, 2.75) is 32.9 Å². The molecule has 0 spiro atoms. The van der Waals surface area contributed by atoms with Crippen molar-refractivity contribution in [1.29, 1.82) is 0 Å². The molecular formula is C19H22N4O. The molecule has 2 heterocycles. The molecule has 1 N–H and O–H groups in total. The molecule has 0 aliphatic rings. The van der Waals surface area contributed by atoms with Gasteiger partial charge in [0, 0.05) is 37.2 Å². The summed E-state index contributed by atoms with van der Waals surface area (Å²) < 4.78 is 3.85. The van der Waals surface area contributed by atoms with E-state index in [2.05, 4.69) is 27.1 Å². The lowest BCUT2D eigenvalue weighted by atomic mass is 10.1. The second-order valence-electron chi connectivity index (χ2n) is 6.01. The number of aryl methyl sites for hydroxylation is 2. The summed E-state index contributed by atoms with van der Waals surface area (Å²) in [6.07, 6.45) is 8.18. The van der Waals surface area contributed by atoms with Crippen molar-refractivity contribution in [3.8, 4) is 5.69 Å². The summed E-state index contributed by atoms with van der Waals surface area (Å²) in [6.45, 7) is 4.59. The maximum atomic E-state index is 12.2. The summed E-state index contributed by atoms with van der Waals surface area (Å²) in [5.74, 6) is 0.0296. The van der Waals surface area contributed by atoms with Crippen LogP contribution in [-0.2, 0) is 11.3 Å². The van der Waals surface area contributed by atoms with Crippen LogP contribution in [0.15, 0.2) is 61.2 Å². The van der Waals surface area contributed by atoms with Gasteiger partial charge in [0.1, 0.15) is 0 Å². The molecular weight excluding hydrogens is 300 g/mol. The van der Waals surface area contributed by atoms with Crippen LogP contribution in [0.4, 0.5) is 0 Å². The Labute approximate surface area is 141 Å². The van der Waals surface area contributed by atoms with Crippen molar-refractivity contribution in [1.82, 2.24) is 19.7 Å². The molecule has 1 unspecified atom stereocenters. The Hall–Kier alpha value is -2.82. The van der Waals surface area contributed by atoms with Crippen LogP contribution < -0.4 is 5.32 Å². The standard InChI is InChI=1S/C19H22N4O/c1-15-13-20-23(14-15)11-8-19(24)21-16(2)17-6-5-7-18(12-17)22-9-3-4-10-22/h3-7,9-10,12-14,16H,8,11H2,1-2H3,(H,21,24). The first kappa shape index (κ1) is 16.1. The number of aromatic nitrogens is 3. The lowest BCUT2D eigenvalue weighted by molar-refractivity contribution is -0.122. The zero-order chi connectivity index (χ0) is 16.9. The Bertz CT molecular complexity index is 804. The van der Waals surface area contributed by atoms with E-state index in [9.17, 15) is 4.79 Å². The second-order valence-corrected chi connectivity index (χ2v) is 6.01. The third-order valence-corrected chi connectivity index (χ3v) is 3.98. The van der Waals surface area contributed by atoms with E-state index in [-0.39, 0.29) is 11.9 Å². The van der Waals surface area contributed by atoms with Crippen LogP contribution >= 0.6 is 0 Å². The smallest absolute Gasteiger partial charge is 0.222 e. The monoisotopic (exact) mass is 322 g/mol. The van der Waals surface area contributed by atoms with Crippen molar-refractivity contribution in [2.75, 3.05) is 0 Å². The van der Waals surface area contributed by atoms with E-state index in [1.807, 2.05) is 56.7 Å². The molecule has 2 aromatic heterocycles. The summed E-state index contributed by atoms with van der Waals surface area (Å²) >= 11 is 0. The highest BCUT2D eigenvalue weighted by molar-refractivity contribution is 5.76. The summed E-state index contributed by atoms with van der Waals surface area (Å²) in [5, 5.41) is 7.26. The molecule has 124 valence electrons. The van der Waals surface area contributed by atoms with Crippen LogP contribution in [0.25, 0.3) is 5.69 Å². The minimum Gasteiger partial charge on any atom is -0.350 e. The Morgan fingerprint density at radius 1 is 1.25 bits per heavy atom. The first-order chi connectivity index (χ1) is 11.6.